The van der Waals surface area contributed by atoms with E-state index < -0.39 is 0 Å². The Bertz CT molecular complexity index is 707. The predicted molar refractivity (Wildman–Crippen MR) is 96.4 cm³/mol. The number of nitrogens with zero attached hydrogens (tertiary/aromatic N) is 2. The van der Waals surface area contributed by atoms with Gasteiger partial charge in [-0.25, -0.2) is 0 Å². The molecule has 0 spiro atoms. The Hall–Kier alpha value is -2.31. The number of hydrogen-bond donors (Lipinski definition) is 2. The number of pyridine rings is 1. The van der Waals surface area contributed by atoms with E-state index in [1.165, 1.54) is 6.20 Å². The van der Waals surface area contributed by atoms with Crippen molar-refractivity contribution >= 4 is 28.9 Å². The largest absolute Gasteiger partial charge is 0.495 e. The van der Waals surface area contributed by atoms with E-state index in [-0.39, 0.29) is 5.91 Å². The van der Waals surface area contributed by atoms with E-state index in [1.54, 1.807) is 37.6 Å². The lowest BCUT2D eigenvalue weighted by molar-refractivity contribution is 0.0950. The number of anilines is 2. The minimum absolute atomic E-state index is 0.161. The summed E-state index contributed by atoms with van der Waals surface area (Å²) >= 11 is 6.03. The Balaban J connectivity index is 2.10. The van der Waals surface area contributed by atoms with Crippen LogP contribution in [0.5, 0.6) is 5.75 Å². The van der Waals surface area contributed by atoms with Gasteiger partial charge in [-0.1, -0.05) is 11.6 Å². The summed E-state index contributed by atoms with van der Waals surface area (Å²) in [4.78, 5) is 18.3. The molecule has 0 aliphatic heterocycles. The standard InChI is InChI=1S/C17H21ClN4O2/c1-22(2)7-6-20-17(23)12-8-14(11-19-10-12)21-15-9-13(18)4-5-16(15)24-3/h4-5,8-11,21H,6-7H2,1-3H3,(H,20,23). The van der Waals surface area contributed by atoms with Crippen LogP contribution in [0.1, 0.15) is 10.4 Å². The third-order valence-electron chi connectivity index (χ3n) is 3.29. The molecule has 0 saturated carbocycles. The number of halogens is 1. The molecule has 2 rings (SSSR count). The van der Waals surface area contributed by atoms with Crippen LogP contribution in [0.3, 0.4) is 0 Å². The van der Waals surface area contributed by atoms with Crippen LogP contribution in [0, 0.1) is 0 Å². The second-order valence-corrected chi connectivity index (χ2v) is 5.93. The monoisotopic (exact) mass is 348 g/mol. The second kappa shape index (κ2) is 8.52. The molecule has 1 aromatic heterocycles. The van der Waals surface area contributed by atoms with Crippen LogP contribution in [-0.2, 0) is 0 Å². The molecule has 0 radical (unpaired) electrons. The van der Waals surface area contributed by atoms with Gasteiger partial charge in [-0.15, -0.1) is 0 Å². The Morgan fingerprint density at radius 3 is 2.79 bits per heavy atom. The number of carbonyl (C=O) groups is 1. The van der Waals surface area contributed by atoms with Crippen molar-refractivity contribution < 1.29 is 9.53 Å². The number of nitrogens with one attached hydrogen (secondary N) is 2. The van der Waals surface area contributed by atoms with Crippen molar-refractivity contribution in [3.8, 4) is 5.75 Å². The van der Waals surface area contributed by atoms with E-state index in [0.717, 1.165) is 6.54 Å². The van der Waals surface area contributed by atoms with Crippen LogP contribution < -0.4 is 15.4 Å². The Kier molecular flexibility index (Phi) is 6.40. The fourth-order valence-electron chi connectivity index (χ4n) is 2.06. The fourth-order valence-corrected chi connectivity index (χ4v) is 2.23. The number of carbonyl (C=O) groups excluding carboxylic acids is 1. The molecule has 0 fully saturated rings. The minimum atomic E-state index is -0.161. The molecule has 0 aliphatic carbocycles. The first kappa shape index (κ1) is 18.0. The highest BCUT2D eigenvalue weighted by molar-refractivity contribution is 6.31. The van der Waals surface area contributed by atoms with Crippen molar-refractivity contribution in [2.24, 2.45) is 0 Å². The number of methoxy groups -OCH3 is 1. The van der Waals surface area contributed by atoms with E-state index in [1.807, 2.05) is 19.0 Å². The molecule has 7 heteroatoms. The Morgan fingerprint density at radius 2 is 2.08 bits per heavy atom. The number of ether oxygens (including phenoxy) is 1. The molecule has 0 atom stereocenters. The van der Waals surface area contributed by atoms with Crippen LogP contribution in [0.25, 0.3) is 0 Å². The average Bonchev–Trinajstić information content (AvgIpc) is 2.55. The third-order valence-corrected chi connectivity index (χ3v) is 3.52. The van der Waals surface area contributed by atoms with E-state index in [4.69, 9.17) is 16.3 Å². The molecule has 6 nitrogen and oxygen atoms in total. The number of amides is 1. The third kappa shape index (κ3) is 5.11. The van der Waals surface area contributed by atoms with E-state index in [9.17, 15) is 4.79 Å². The maximum Gasteiger partial charge on any atom is 0.252 e. The molecule has 128 valence electrons. The number of likely N-dealkylation sites (N-methyl/N-ethyl adjacent to an activating group) is 1. The van der Waals surface area contributed by atoms with Crippen molar-refractivity contribution in [3.05, 3.63) is 47.2 Å². The first-order valence-electron chi connectivity index (χ1n) is 7.48. The summed E-state index contributed by atoms with van der Waals surface area (Å²) in [5, 5.41) is 6.62. The fraction of sp³-hybridized carbons (Fsp3) is 0.294. The van der Waals surface area contributed by atoms with Crippen molar-refractivity contribution in [3.63, 3.8) is 0 Å². The first-order valence-corrected chi connectivity index (χ1v) is 7.86. The topological polar surface area (TPSA) is 66.5 Å². The molecule has 2 aromatic rings. The second-order valence-electron chi connectivity index (χ2n) is 5.49. The van der Waals surface area contributed by atoms with Gasteiger partial charge in [0.15, 0.2) is 0 Å². The SMILES string of the molecule is COc1ccc(Cl)cc1Nc1cncc(C(=O)NCCN(C)C)c1. The lowest BCUT2D eigenvalue weighted by Crippen LogP contribution is -2.31. The maximum absolute atomic E-state index is 12.2. The van der Waals surface area contributed by atoms with Gasteiger partial charge >= 0.3 is 0 Å². The molecule has 0 unspecified atom stereocenters. The molecule has 2 N–H and O–H groups in total. The molecule has 1 heterocycles. The summed E-state index contributed by atoms with van der Waals surface area (Å²) < 4.78 is 5.30. The zero-order valence-corrected chi connectivity index (χ0v) is 14.7. The predicted octanol–water partition coefficient (Wildman–Crippen LogP) is 2.78. The molecule has 1 amide bonds. The van der Waals surface area contributed by atoms with Gasteiger partial charge < -0.3 is 20.3 Å². The van der Waals surface area contributed by atoms with Crippen molar-refractivity contribution in [2.75, 3.05) is 39.6 Å². The van der Waals surface area contributed by atoms with Gasteiger partial charge in [-0.3, -0.25) is 9.78 Å². The highest BCUT2D eigenvalue weighted by Crippen LogP contribution is 2.30. The van der Waals surface area contributed by atoms with Crippen LogP contribution in [0.4, 0.5) is 11.4 Å². The van der Waals surface area contributed by atoms with Gasteiger partial charge in [0.1, 0.15) is 5.75 Å². The van der Waals surface area contributed by atoms with Crippen LogP contribution in [0.15, 0.2) is 36.7 Å². The normalized spacial score (nSPS) is 10.5. The summed E-state index contributed by atoms with van der Waals surface area (Å²) in [6, 6.07) is 7.01. The lowest BCUT2D eigenvalue weighted by Gasteiger charge is -2.13. The molecule has 0 bridgehead atoms. The quantitative estimate of drug-likeness (QED) is 0.805. The molecule has 0 saturated heterocycles. The number of rotatable bonds is 7. The zero-order chi connectivity index (χ0) is 17.5. The number of aromatic nitrogens is 1. The van der Waals surface area contributed by atoms with Crippen LogP contribution >= 0.6 is 11.6 Å². The van der Waals surface area contributed by atoms with E-state index >= 15 is 0 Å². The highest BCUT2D eigenvalue weighted by Gasteiger charge is 2.09. The minimum Gasteiger partial charge on any atom is -0.495 e. The summed E-state index contributed by atoms with van der Waals surface area (Å²) in [5.74, 6) is 0.492. The summed E-state index contributed by atoms with van der Waals surface area (Å²) in [6.45, 7) is 1.35. The summed E-state index contributed by atoms with van der Waals surface area (Å²) in [5.41, 5.74) is 1.87. The van der Waals surface area contributed by atoms with Gasteiger partial charge in [-0.05, 0) is 38.4 Å². The first-order chi connectivity index (χ1) is 11.5. The molecular formula is C17H21ClN4O2. The zero-order valence-electron chi connectivity index (χ0n) is 14.0. The Labute approximate surface area is 146 Å². The molecule has 0 aliphatic rings. The van der Waals surface area contributed by atoms with Crippen LogP contribution in [-0.4, -0.2) is 50.1 Å². The highest BCUT2D eigenvalue weighted by atomic mass is 35.5. The molecular weight excluding hydrogens is 328 g/mol. The molecule has 24 heavy (non-hydrogen) atoms. The van der Waals surface area contributed by atoms with Gasteiger partial charge in [-0.2, -0.15) is 0 Å². The number of hydrogen-bond acceptors (Lipinski definition) is 5. The lowest BCUT2D eigenvalue weighted by atomic mass is 10.2. The smallest absolute Gasteiger partial charge is 0.252 e. The average molecular weight is 349 g/mol. The summed E-state index contributed by atoms with van der Waals surface area (Å²) in [7, 11) is 5.49. The van der Waals surface area contributed by atoms with Gasteiger partial charge in [0.25, 0.3) is 5.91 Å². The van der Waals surface area contributed by atoms with Crippen molar-refractivity contribution in [1.29, 1.82) is 0 Å². The van der Waals surface area contributed by atoms with Crippen molar-refractivity contribution in [1.82, 2.24) is 15.2 Å². The Morgan fingerprint density at radius 1 is 1.29 bits per heavy atom. The van der Waals surface area contributed by atoms with Crippen molar-refractivity contribution in [2.45, 2.75) is 0 Å². The van der Waals surface area contributed by atoms with E-state index in [2.05, 4.69) is 15.6 Å². The van der Waals surface area contributed by atoms with Crippen LogP contribution in [0.2, 0.25) is 5.02 Å². The molecule has 1 aromatic carbocycles. The van der Waals surface area contributed by atoms with Gasteiger partial charge in [0.05, 0.1) is 30.2 Å². The van der Waals surface area contributed by atoms with E-state index in [0.29, 0.717) is 34.3 Å². The maximum atomic E-state index is 12.2. The number of benzene rings is 1. The van der Waals surface area contributed by atoms with Gasteiger partial charge in [0, 0.05) is 24.3 Å². The summed E-state index contributed by atoms with van der Waals surface area (Å²) in [6.07, 6.45) is 3.17. The van der Waals surface area contributed by atoms with Gasteiger partial charge in [0.2, 0.25) is 0 Å².